The van der Waals surface area contributed by atoms with Crippen LogP contribution >= 0.6 is 23.2 Å². The number of aromatic amines is 1. The first-order valence-electron chi connectivity index (χ1n) is 14.4. The Kier molecular flexibility index (Phi) is 8.58. The van der Waals surface area contributed by atoms with Crippen molar-refractivity contribution < 1.29 is 28.7 Å². The number of aromatic nitrogens is 1. The van der Waals surface area contributed by atoms with Crippen LogP contribution in [-0.2, 0) is 23.9 Å². The molecule has 0 radical (unpaired) electrons. The van der Waals surface area contributed by atoms with E-state index in [1.54, 1.807) is 43.9 Å². The van der Waals surface area contributed by atoms with E-state index in [9.17, 15) is 24.0 Å². The van der Waals surface area contributed by atoms with Crippen molar-refractivity contribution in [3.8, 4) is 0 Å². The SMILES string of the molecule is CC(C)(C)C(=O)OCC(=O)[C@H](C[C@@H]1CCNC1=O)NC(=O)[C@@H]1[C@H]2CCC[C@H]2CN1C(=O)c1cc2c(Cl)cc(Cl)cc2[nH]1. The summed E-state index contributed by atoms with van der Waals surface area (Å²) in [5.74, 6) is -2.36. The van der Waals surface area contributed by atoms with E-state index in [2.05, 4.69) is 15.6 Å². The highest BCUT2D eigenvalue weighted by molar-refractivity contribution is 6.38. The topological polar surface area (TPSA) is 138 Å². The summed E-state index contributed by atoms with van der Waals surface area (Å²) in [4.78, 5) is 70.4. The number of ketones is 1. The molecule has 42 heavy (non-hydrogen) atoms. The molecule has 0 unspecified atom stereocenters. The van der Waals surface area contributed by atoms with Gasteiger partial charge in [-0.3, -0.25) is 24.0 Å². The highest BCUT2D eigenvalue weighted by atomic mass is 35.5. The number of hydrogen-bond acceptors (Lipinski definition) is 6. The van der Waals surface area contributed by atoms with Crippen molar-refractivity contribution in [1.29, 1.82) is 0 Å². The molecule has 2 saturated heterocycles. The van der Waals surface area contributed by atoms with Crippen LogP contribution < -0.4 is 10.6 Å². The maximum Gasteiger partial charge on any atom is 0.311 e. The van der Waals surface area contributed by atoms with Crippen LogP contribution in [0.2, 0.25) is 10.0 Å². The van der Waals surface area contributed by atoms with E-state index in [1.165, 1.54) is 0 Å². The number of nitrogens with one attached hydrogen (secondary N) is 3. The number of Topliss-reactive ketones (excluding diaryl/α,β-unsaturated/α-hetero) is 1. The number of carbonyl (C=O) groups is 5. The number of halogens is 2. The lowest BCUT2D eigenvalue weighted by Gasteiger charge is -2.29. The Labute approximate surface area is 254 Å². The predicted octanol–water partition coefficient (Wildman–Crippen LogP) is 3.88. The highest BCUT2D eigenvalue weighted by Gasteiger charge is 2.50. The van der Waals surface area contributed by atoms with Crippen molar-refractivity contribution >= 4 is 63.6 Å². The number of hydrogen-bond donors (Lipinski definition) is 3. The van der Waals surface area contributed by atoms with E-state index < -0.39 is 47.7 Å². The zero-order valence-electron chi connectivity index (χ0n) is 23.9. The standard InChI is InChI=1S/C30H36Cl2N4O6/c1-30(2,3)29(41)42-14-24(37)22(9-15-7-8-33-26(15)38)35-27(39)25-18-6-4-5-16(18)13-36(25)28(40)23-12-19-20(32)10-17(31)11-21(19)34-23/h10-12,15-16,18,22,25,34H,4-9,13-14H2,1-3H3,(H,33,38)(H,35,39)/t15-,16-,18-,22-,25-/m0/s1. The Morgan fingerprint density at radius 2 is 1.88 bits per heavy atom. The fourth-order valence-corrected chi connectivity index (χ4v) is 6.96. The molecular formula is C30H36Cl2N4O6. The number of benzene rings is 1. The lowest BCUT2D eigenvalue weighted by atomic mass is 9.92. The number of ether oxygens (including phenoxy) is 1. The van der Waals surface area contributed by atoms with E-state index in [-0.39, 0.29) is 35.8 Å². The highest BCUT2D eigenvalue weighted by Crippen LogP contribution is 2.43. The monoisotopic (exact) mass is 618 g/mol. The minimum absolute atomic E-state index is 0.0550. The second-order valence-electron chi connectivity index (χ2n) is 12.7. The largest absolute Gasteiger partial charge is 0.457 e. The average molecular weight is 620 g/mol. The number of nitrogens with zero attached hydrogens (tertiary/aromatic N) is 1. The van der Waals surface area contributed by atoms with Crippen LogP contribution in [0.5, 0.6) is 0 Å². The first-order valence-corrected chi connectivity index (χ1v) is 15.2. The summed E-state index contributed by atoms with van der Waals surface area (Å²) in [7, 11) is 0. The molecule has 1 aromatic heterocycles. The molecule has 5 rings (SSSR count). The molecule has 3 heterocycles. The van der Waals surface area contributed by atoms with Gasteiger partial charge in [0.2, 0.25) is 11.8 Å². The summed E-state index contributed by atoms with van der Waals surface area (Å²) in [6.07, 6.45) is 3.26. The summed E-state index contributed by atoms with van der Waals surface area (Å²) in [5.41, 5.74) is 0.0999. The summed E-state index contributed by atoms with van der Waals surface area (Å²) in [5, 5.41) is 7.10. The van der Waals surface area contributed by atoms with Gasteiger partial charge in [-0.1, -0.05) is 29.6 Å². The molecule has 1 saturated carbocycles. The fourth-order valence-electron chi connectivity index (χ4n) is 6.42. The van der Waals surface area contributed by atoms with Gasteiger partial charge in [-0.05, 0) is 76.5 Å². The van der Waals surface area contributed by atoms with Gasteiger partial charge in [0.15, 0.2) is 12.4 Å². The van der Waals surface area contributed by atoms with Gasteiger partial charge in [0.25, 0.3) is 5.91 Å². The second kappa shape index (κ2) is 11.9. The number of rotatable bonds is 8. The van der Waals surface area contributed by atoms with Crippen molar-refractivity contribution in [2.45, 2.75) is 65.0 Å². The third kappa shape index (κ3) is 6.15. The van der Waals surface area contributed by atoms with Gasteiger partial charge in [-0.2, -0.15) is 0 Å². The van der Waals surface area contributed by atoms with Gasteiger partial charge >= 0.3 is 5.97 Å². The molecule has 2 aliphatic heterocycles. The van der Waals surface area contributed by atoms with Crippen molar-refractivity contribution in [3.63, 3.8) is 0 Å². The number of carbonyl (C=O) groups excluding carboxylic acids is 5. The van der Waals surface area contributed by atoms with Gasteiger partial charge in [-0.15, -0.1) is 0 Å². The van der Waals surface area contributed by atoms with Crippen LogP contribution in [0.15, 0.2) is 18.2 Å². The number of esters is 1. The van der Waals surface area contributed by atoms with Crippen molar-refractivity contribution in [3.05, 3.63) is 33.9 Å². The van der Waals surface area contributed by atoms with E-state index in [4.69, 9.17) is 27.9 Å². The van der Waals surface area contributed by atoms with Crippen LogP contribution in [0.4, 0.5) is 0 Å². The Morgan fingerprint density at radius 3 is 2.57 bits per heavy atom. The van der Waals surface area contributed by atoms with E-state index >= 15 is 0 Å². The molecule has 10 nitrogen and oxygen atoms in total. The minimum atomic E-state index is -1.05. The van der Waals surface area contributed by atoms with Crippen LogP contribution in [-0.4, -0.2) is 71.1 Å². The molecule has 3 N–H and O–H groups in total. The van der Waals surface area contributed by atoms with E-state index in [0.29, 0.717) is 40.5 Å². The number of amides is 3. The van der Waals surface area contributed by atoms with Crippen LogP contribution in [0, 0.1) is 23.2 Å². The number of H-pyrrole nitrogens is 1. The molecule has 3 amide bonds. The molecule has 3 fully saturated rings. The first-order chi connectivity index (χ1) is 19.8. The number of fused-ring (bicyclic) bond motifs is 2. The Bertz CT molecular complexity index is 1430. The van der Waals surface area contributed by atoms with Gasteiger partial charge in [0.1, 0.15) is 11.7 Å². The normalized spacial score (nSPS) is 24.4. The predicted molar refractivity (Wildman–Crippen MR) is 157 cm³/mol. The molecule has 5 atom stereocenters. The lowest BCUT2D eigenvalue weighted by molar-refractivity contribution is -0.156. The molecule has 226 valence electrons. The quantitative estimate of drug-likeness (QED) is 0.384. The van der Waals surface area contributed by atoms with E-state index in [0.717, 1.165) is 19.3 Å². The Hall–Kier alpha value is -3.11. The zero-order valence-corrected chi connectivity index (χ0v) is 25.4. The third-order valence-electron chi connectivity index (χ3n) is 8.65. The summed E-state index contributed by atoms with van der Waals surface area (Å²) < 4.78 is 5.25. The summed E-state index contributed by atoms with van der Waals surface area (Å²) in [6.45, 7) is 5.43. The molecule has 1 aliphatic carbocycles. The van der Waals surface area contributed by atoms with Gasteiger partial charge in [0.05, 0.1) is 16.5 Å². The second-order valence-corrected chi connectivity index (χ2v) is 13.5. The third-order valence-corrected chi connectivity index (χ3v) is 9.18. The van der Waals surface area contributed by atoms with Gasteiger partial charge in [-0.25, -0.2) is 0 Å². The Balaban J connectivity index is 1.38. The molecule has 1 aromatic carbocycles. The summed E-state index contributed by atoms with van der Waals surface area (Å²) >= 11 is 12.5. The van der Waals surface area contributed by atoms with Crippen LogP contribution in [0.3, 0.4) is 0 Å². The lowest BCUT2D eigenvalue weighted by Crippen LogP contribution is -2.54. The first kappa shape index (κ1) is 30.4. The maximum absolute atomic E-state index is 14.0. The molecular weight excluding hydrogens is 583 g/mol. The van der Waals surface area contributed by atoms with Crippen LogP contribution in [0.25, 0.3) is 10.9 Å². The smallest absolute Gasteiger partial charge is 0.311 e. The van der Waals surface area contributed by atoms with Gasteiger partial charge in [0, 0.05) is 34.9 Å². The molecule has 12 heteroatoms. The molecule has 3 aliphatic rings. The zero-order chi connectivity index (χ0) is 30.3. The van der Waals surface area contributed by atoms with Crippen molar-refractivity contribution in [2.24, 2.45) is 23.2 Å². The van der Waals surface area contributed by atoms with Gasteiger partial charge < -0.3 is 25.3 Å². The molecule has 0 bridgehead atoms. The average Bonchev–Trinajstić information content (AvgIpc) is 3.69. The van der Waals surface area contributed by atoms with Crippen molar-refractivity contribution in [2.75, 3.05) is 19.7 Å². The molecule has 2 aromatic rings. The van der Waals surface area contributed by atoms with Crippen molar-refractivity contribution in [1.82, 2.24) is 20.5 Å². The van der Waals surface area contributed by atoms with E-state index in [1.807, 2.05) is 0 Å². The molecule has 0 spiro atoms. The van der Waals surface area contributed by atoms with Crippen LogP contribution in [0.1, 0.15) is 63.4 Å². The minimum Gasteiger partial charge on any atom is -0.457 e. The fraction of sp³-hybridized carbons (Fsp3) is 0.567. The number of likely N-dealkylation sites (tertiary alicyclic amines) is 1. The summed E-state index contributed by atoms with van der Waals surface area (Å²) in [6, 6.07) is 3.11. The Morgan fingerprint density at radius 1 is 1.12 bits per heavy atom. The maximum atomic E-state index is 14.0.